The van der Waals surface area contributed by atoms with Crippen LogP contribution in [-0.4, -0.2) is 25.2 Å². The Kier molecular flexibility index (Phi) is 8.61. The van der Waals surface area contributed by atoms with Crippen molar-refractivity contribution in [3.8, 4) is 0 Å². The molecule has 20 heavy (non-hydrogen) atoms. The maximum atomic E-state index is 12.1. The van der Waals surface area contributed by atoms with Crippen LogP contribution >= 0.6 is 0 Å². The molecule has 0 N–H and O–H groups in total. The van der Waals surface area contributed by atoms with E-state index in [-0.39, 0.29) is 19.1 Å². The van der Waals surface area contributed by atoms with Crippen molar-refractivity contribution in [1.82, 2.24) is 0 Å². The van der Waals surface area contributed by atoms with Crippen LogP contribution in [0, 0.1) is 11.8 Å². The summed E-state index contributed by atoms with van der Waals surface area (Å²) in [5.41, 5.74) is 1.46. The van der Waals surface area contributed by atoms with Gasteiger partial charge in [0.05, 0.1) is 0 Å². The largest absolute Gasteiger partial charge is 0.461 e. The smallest absolute Gasteiger partial charge is 0.320 e. The molecule has 0 fully saturated rings. The van der Waals surface area contributed by atoms with Gasteiger partial charge in [0.15, 0.2) is 5.92 Å². The molecule has 0 aliphatic heterocycles. The second-order valence-corrected chi connectivity index (χ2v) is 5.37. The zero-order chi connectivity index (χ0) is 15.7. The molecule has 0 aromatic rings. The molecule has 4 nitrogen and oxygen atoms in total. The van der Waals surface area contributed by atoms with E-state index >= 15 is 0 Å². The summed E-state index contributed by atoms with van der Waals surface area (Å²) in [4.78, 5) is 24.1. The molecule has 0 aromatic carbocycles. The lowest BCUT2D eigenvalue weighted by molar-refractivity contribution is -0.163. The summed E-state index contributed by atoms with van der Waals surface area (Å²) in [7, 11) is 0. The summed E-state index contributed by atoms with van der Waals surface area (Å²) < 4.78 is 10.2. The summed E-state index contributed by atoms with van der Waals surface area (Å²) in [6.07, 6.45) is 1.65. The van der Waals surface area contributed by atoms with Gasteiger partial charge in [-0.2, -0.15) is 0 Å². The van der Waals surface area contributed by atoms with E-state index in [9.17, 15) is 9.59 Å². The second-order valence-electron chi connectivity index (χ2n) is 5.37. The fourth-order valence-electron chi connectivity index (χ4n) is 1.75. The minimum Gasteiger partial charge on any atom is -0.461 e. The van der Waals surface area contributed by atoms with Gasteiger partial charge in [0.2, 0.25) is 0 Å². The molecule has 1 atom stereocenters. The van der Waals surface area contributed by atoms with Crippen molar-refractivity contribution < 1.29 is 19.1 Å². The third-order valence-electron chi connectivity index (χ3n) is 2.74. The quantitative estimate of drug-likeness (QED) is 0.370. The Balaban J connectivity index is 4.78. The highest BCUT2D eigenvalue weighted by Crippen LogP contribution is 2.21. The molecule has 0 radical (unpaired) electrons. The van der Waals surface area contributed by atoms with Crippen molar-refractivity contribution in [2.24, 2.45) is 11.8 Å². The molecule has 4 heteroatoms. The molecule has 0 heterocycles. The Morgan fingerprint density at radius 1 is 1.00 bits per heavy atom. The third kappa shape index (κ3) is 7.12. The molecular weight excluding hydrogens is 256 g/mol. The van der Waals surface area contributed by atoms with Gasteiger partial charge in [-0.25, -0.2) is 0 Å². The Hall–Kier alpha value is -1.58. The standard InChI is InChI=1S/C16H26O4/c1-7-8-13(6)14(15(17)19-9-11(2)3)16(18)20-10-12(4)5/h13-14H,2,4,7-10H2,1,3,5-6H3. The van der Waals surface area contributed by atoms with E-state index < -0.39 is 17.9 Å². The van der Waals surface area contributed by atoms with Crippen molar-refractivity contribution >= 4 is 11.9 Å². The molecule has 0 spiro atoms. The van der Waals surface area contributed by atoms with Gasteiger partial charge in [-0.05, 0) is 37.3 Å². The van der Waals surface area contributed by atoms with Crippen LogP contribution in [0.4, 0.5) is 0 Å². The highest BCUT2D eigenvalue weighted by molar-refractivity contribution is 5.95. The van der Waals surface area contributed by atoms with E-state index in [0.717, 1.165) is 24.0 Å². The highest BCUT2D eigenvalue weighted by Gasteiger charge is 2.34. The minimum atomic E-state index is -0.881. The van der Waals surface area contributed by atoms with E-state index in [2.05, 4.69) is 13.2 Å². The maximum absolute atomic E-state index is 12.1. The van der Waals surface area contributed by atoms with Gasteiger partial charge in [0.25, 0.3) is 0 Å². The molecule has 114 valence electrons. The number of hydrogen-bond acceptors (Lipinski definition) is 4. The van der Waals surface area contributed by atoms with E-state index in [1.54, 1.807) is 13.8 Å². The van der Waals surface area contributed by atoms with Gasteiger partial charge >= 0.3 is 11.9 Å². The van der Waals surface area contributed by atoms with Crippen molar-refractivity contribution in [2.75, 3.05) is 13.2 Å². The van der Waals surface area contributed by atoms with Gasteiger partial charge in [-0.15, -0.1) is 0 Å². The molecule has 0 amide bonds. The van der Waals surface area contributed by atoms with Gasteiger partial charge in [-0.3, -0.25) is 9.59 Å². The monoisotopic (exact) mass is 282 g/mol. The number of esters is 2. The van der Waals surface area contributed by atoms with Gasteiger partial charge in [0.1, 0.15) is 13.2 Å². The van der Waals surface area contributed by atoms with Crippen molar-refractivity contribution in [3.05, 3.63) is 24.3 Å². The van der Waals surface area contributed by atoms with E-state index in [1.807, 2.05) is 13.8 Å². The normalized spacial score (nSPS) is 11.8. The lowest BCUT2D eigenvalue weighted by Crippen LogP contribution is -2.33. The van der Waals surface area contributed by atoms with E-state index in [0.29, 0.717) is 0 Å². The van der Waals surface area contributed by atoms with E-state index in [1.165, 1.54) is 0 Å². The fraction of sp³-hybridized carbons (Fsp3) is 0.625. The zero-order valence-corrected chi connectivity index (χ0v) is 13.0. The third-order valence-corrected chi connectivity index (χ3v) is 2.74. The lowest BCUT2D eigenvalue weighted by atomic mass is 9.90. The van der Waals surface area contributed by atoms with Crippen LogP contribution in [-0.2, 0) is 19.1 Å². The molecule has 0 bridgehead atoms. The van der Waals surface area contributed by atoms with Crippen molar-refractivity contribution in [1.29, 1.82) is 0 Å². The summed E-state index contributed by atoms with van der Waals surface area (Å²) in [5, 5.41) is 0. The summed E-state index contributed by atoms with van der Waals surface area (Å²) in [5.74, 6) is -2.08. The predicted molar refractivity (Wildman–Crippen MR) is 79.1 cm³/mol. The number of ether oxygens (including phenoxy) is 2. The highest BCUT2D eigenvalue weighted by atomic mass is 16.6. The van der Waals surface area contributed by atoms with Gasteiger partial charge in [-0.1, -0.05) is 33.4 Å². The topological polar surface area (TPSA) is 52.6 Å². The Morgan fingerprint density at radius 3 is 1.70 bits per heavy atom. The molecule has 1 unspecified atom stereocenters. The van der Waals surface area contributed by atoms with Gasteiger partial charge in [0, 0.05) is 0 Å². The van der Waals surface area contributed by atoms with Crippen LogP contribution < -0.4 is 0 Å². The summed E-state index contributed by atoms with van der Waals surface area (Å²) in [6.45, 7) is 15.0. The first kappa shape index (κ1) is 18.4. The fourth-order valence-corrected chi connectivity index (χ4v) is 1.75. The average molecular weight is 282 g/mol. The van der Waals surface area contributed by atoms with E-state index in [4.69, 9.17) is 9.47 Å². The molecule has 0 rings (SSSR count). The summed E-state index contributed by atoms with van der Waals surface area (Å²) in [6, 6.07) is 0. The second kappa shape index (κ2) is 9.34. The zero-order valence-electron chi connectivity index (χ0n) is 13.0. The minimum absolute atomic E-state index is 0.116. The van der Waals surface area contributed by atoms with Crippen LogP contribution in [0.2, 0.25) is 0 Å². The number of rotatable bonds is 9. The molecule has 0 aliphatic carbocycles. The molecule has 0 aromatic heterocycles. The molecule has 0 aliphatic rings. The van der Waals surface area contributed by atoms with Crippen LogP contribution in [0.25, 0.3) is 0 Å². The Morgan fingerprint density at radius 2 is 1.40 bits per heavy atom. The predicted octanol–water partition coefficient (Wildman–Crippen LogP) is 3.28. The van der Waals surface area contributed by atoms with Crippen LogP contribution in [0.5, 0.6) is 0 Å². The lowest BCUT2D eigenvalue weighted by Gasteiger charge is -2.21. The van der Waals surface area contributed by atoms with Crippen molar-refractivity contribution in [3.63, 3.8) is 0 Å². The molecule has 0 saturated carbocycles. The first-order chi connectivity index (χ1) is 9.29. The first-order valence-electron chi connectivity index (χ1n) is 6.91. The molecule has 0 saturated heterocycles. The van der Waals surface area contributed by atoms with Crippen LogP contribution in [0.15, 0.2) is 24.3 Å². The number of carbonyl (C=O) groups is 2. The van der Waals surface area contributed by atoms with Gasteiger partial charge < -0.3 is 9.47 Å². The average Bonchev–Trinajstić information content (AvgIpc) is 2.34. The number of hydrogen-bond donors (Lipinski definition) is 0. The SMILES string of the molecule is C=C(C)COC(=O)C(C(=O)OCC(=C)C)C(C)CCC. The van der Waals surface area contributed by atoms with Crippen molar-refractivity contribution in [2.45, 2.75) is 40.5 Å². The molecular formula is C16H26O4. The first-order valence-corrected chi connectivity index (χ1v) is 6.91. The Labute approximate surface area is 121 Å². The Bertz CT molecular complexity index is 341. The number of carbonyl (C=O) groups excluding carboxylic acids is 2. The maximum Gasteiger partial charge on any atom is 0.320 e. The van der Waals surface area contributed by atoms with Crippen LogP contribution in [0.3, 0.4) is 0 Å². The summed E-state index contributed by atoms with van der Waals surface area (Å²) >= 11 is 0. The van der Waals surface area contributed by atoms with Crippen LogP contribution in [0.1, 0.15) is 40.5 Å².